The Labute approximate surface area is 281 Å². The molecule has 9 nitrogen and oxygen atoms in total. The molecule has 47 heavy (non-hydrogen) atoms. The van der Waals surface area contributed by atoms with Gasteiger partial charge in [-0.25, -0.2) is 0 Å². The Morgan fingerprint density at radius 3 is 2.26 bits per heavy atom. The number of hydrogen-bond acceptors (Lipinski definition) is 7. The summed E-state index contributed by atoms with van der Waals surface area (Å²) in [5.41, 5.74) is 0.733. The number of aliphatic carboxylic acids is 1. The van der Waals surface area contributed by atoms with Crippen molar-refractivity contribution in [2.24, 2.45) is 50.2 Å². The van der Waals surface area contributed by atoms with Gasteiger partial charge < -0.3 is 35.2 Å². The van der Waals surface area contributed by atoms with Gasteiger partial charge in [0.05, 0.1) is 18.1 Å². The molecule has 0 radical (unpaired) electrons. The van der Waals surface area contributed by atoms with Crippen LogP contribution in [0.1, 0.15) is 120 Å². The maximum Gasteiger partial charge on any atom is 0.310 e. The number of amides is 1. The lowest BCUT2D eigenvalue weighted by Crippen LogP contribution is -2.67. The summed E-state index contributed by atoms with van der Waals surface area (Å²) in [5, 5.41) is 44.7. The van der Waals surface area contributed by atoms with Crippen LogP contribution in [-0.4, -0.2) is 75.7 Å². The molecule has 9 heteroatoms. The Morgan fingerprint density at radius 2 is 1.62 bits per heavy atom. The summed E-state index contributed by atoms with van der Waals surface area (Å²) in [6.07, 6.45) is 6.79. The summed E-state index contributed by atoms with van der Waals surface area (Å²) in [7, 11) is 0. The number of carboxylic acid groups (broad SMARTS) is 1. The fourth-order valence-corrected chi connectivity index (χ4v) is 12.6. The first-order valence-electron chi connectivity index (χ1n) is 18.3. The maximum absolute atomic E-state index is 13.0. The maximum atomic E-state index is 13.0. The predicted octanol–water partition coefficient (Wildman–Crippen LogP) is 5.20. The highest BCUT2D eigenvalue weighted by Crippen LogP contribution is 2.76. The molecule has 0 aromatic heterocycles. The van der Waals surface area contributed by atoms with Gasteiger partial charge in [0.2, 0.25) is 5.91 Å². The van der Waals surface area contributed by atoms with E-state index in [1.165, 1.54) is 12.5 Å². The van der Waals surface area contributed by atoms with Gasteiger partial charge in [-0.3, -0.25) is 9.59 Å². The third kappa shape index (κ3) is 5.10. The fraction of sp³-hybridized carbons (Fsp3) is 0.895. The van der Waals surface area contributed by atoms with Crippen molar-refractivity contribution in [3.63, 3.8) is 0 Å². The van der Waals surface area contributed by atoms with Crippen molar-refractivity contribution in [1.29, 1.82) is 0 Å². The van der Waals surface area contributed by atoms with Crippen LogP contribution in [0, 0.1) is 50.2 Å². The van der Waals surface area contributed by atoms with Crippen LogP contribution in [0.3, 0.4) is 0 Å². The molecule has 6 rings (SSSR count). The third-order valence-electron chi connectivity index (χ3n) is 15.6. The fourth-order valence-electron chi connectivity index (χ4n) is 12.6. The molecule has 4 saturated carbocycles. The molecular formula is C38H61NO8. The Morgan fingerprint density at radius 1 is 0.936 bits per heavy atom. The number of hydrogen-bond donors (Lipinski definition) is 5. The molecule has 13 atom stereocenters. The van der Waals surface area contributed by atoms with E-state index in [9.17, 15) is 30.0 Å². The van der Waals surface area contributed by atoms with Crippen LogP contribution < -0.4 is 5.32 Å². The first kappa shape index (κ1) is 35.3. The largest absolute Gasteiger partial charge is 0.481 e. The number of nitrogens with one attached hydrogen (secondary N) is 1. The van der Waals surface area contributed by atoms with Crippen molar-refractivity contribution >= 4 is 11.9 Å². The second-order valence-corrected chi connectivity index (χ2v) is 18.6. The van der Waals surface area contributed by atoms with Gasteiger partial charge in [0.25, 0.3) is 0 Å². The summed E-state index contributed by atoms with van der Waals surface area (Å²) in [6.45, 7) is 17.6. The number of allylic oxidation sites excluding steroid dienone is 2. The van der Waals surface area contributed by atoms with Crippen molar-refractivity contribution in [2.75, 3.05) is 6.61 Å². The minimum absolute atomic E-state index is 0.0440. The molecule has 1 heterocycles. The summed E-state index contributed by atoms with van der Waals surface area (Å²) in [5.74, 6) is -0.0617. The van der Waals surface area contributed by atoms with E-state index in [1.807, 2.05) is 0 Å². The van der Waals surface area contributed by atoms with Crippen LogP contribution in [0.2, 0.25) is 0 Å². The third-order valence-corrected chi connectivity index (χ3v) is 15.6. The van der Waals surface area contributed by atoms with Gasteiger partial charge in [0.1, 0.15) is 24.4 Å². The molecule has 5 aliphatic carbocycles. The Balaban J connectivity index is 1.29. The van der Waals surface area contributed by atoms with Crippen LogP contribution in [0.15, 0.2) is 11.6 Å². The van der Waals surface area contributed by atoms with Crippen LogP contribution >= 0.6 is 0 Å². The van der Waals surface area contributed by atoms with Gasteiger partial charge in [0.15, 0.2) is 6.29 Å². The van der Waals surface area contributed by atoms with Crippen molar-refractivity contribution in [2.45, 2.75) is 156 Å². The topological polar surface area (TPSA) is 146 Å². The molecule has 1 saturated heterocycles. The van der Waals surface area contributed by atoms with Crippen molar-refractivity contribution in [1.82, 2.24) is 5.32 Å². The lowest BCUT2D eigenvalue weighted by atomic mass is 9.33. The molecule has 0 aromatic rings. The molecule has 0 aromatic carbocycles. The van der Waals surface area contributed by atoms with Crippen molar-refractivity contribution in [3.05, 3.63) is 11.6 Å². The molecule has 5 fully saturated rings. The molecular weight excluding hydrogens is 598 g/mol. The highest BCUT2D eigenvalue weighted by molar-refractivity contribution is 5.76. The van der Waals surface area contributed by atoms with E-state index >= 15 is 0 Å². The van der Waals surface area contributed by atoms with E-state index in [0.717, 1.165) is 64.2 Å². The zero-order chi connectivity index (χ0) is 34.5. The van der Waals surface area contributed by atoms with E-state index in [-0.39, 0.29) is 45.0 Å². The van der Waals surface area contributed by atoms with E-state index in [2.05, 4.69) is 59.9 Å². The van der Waals surface area contributed by atoms with Crippen LogP contribution in [0.4, 0.5) is 0 Å². The molecule has 0 bridgehead atoms. The van der Waals surface area contributed by atoms with Gasteiger partial charge in [-0.1, -0.05) is 60.1 Å². The average molecular weight is 660 g/mol. The lowest BCUT2D eigenvalue weighted by Gasteiger charge is -2.71. The minimum Gasteiger partial charge on any atom is -0.481 e. The number of rotatable bonds is 5. The summed E-state index contributed by atoms with van der Waals surface area (Å²) >= 11 is 0. The predicted molar refractivity (Wildman–Crippen MR) is 177 cm³/mol. The SMILES string of the molecule is CC(=O)NC1C(OC2CC[C@]3(C)[C@H]4CC=C5[C@@H]6CC(C)(C)CC[C@]6(C(=O)O)CC[C@@]5(C)[C@]4(C)CC[C@H]3C2(C)C)OC(CO)C(O)C1O. The first-order valence-corrected chi connectivity index (χ1v) is 18.3. The summed E-state index contributed by atoms with van der Waals surface area (Å²) < 4.78 is 12.7. The van der Waals surface area contributed by atoms with Crippen LogP contribution in [0.25, 0.3) is 0 Å². The van der Waals surface area contributed by atoms with Gasteiger partial charge in [-0.2, -0.15) is 0 Å². The molecule has 6 aliphatic rings. The Bertz CT molecular complexity index is 1300. The Kier molecular flexibility index (Phi) is 8.65. The number of ether oxygens (including phenoxy) is 2. The average Bonchev–Trinajstić information content (AvgIpc) is 2.97. The number of carboxylic acids is 1. The number of aliphatic hydroxyl groups is 3. The van der Waals surface area contributed by atoms with Gasteiger partial charge >= 0.3 is 5.97 Å². The van der Waals surface area contributed by atoms with Crippen LogP contribution in [-0.2, 0) is 19.1 Å². The van der Waals surface area contributed by atoms with Crippen molar-refractivity contribution < 1.29 is 39.5 Å². The zero-order valence-electron chi connectivity index (χ0n) is 30.0. The monoisotopic (exact) mass is 659 g/mol. The summed E-state index contributed by atoms with van der Waals surface area (Å²) in [6, 6.07) is -0.958. The van der Waals surface area contributed by atoms with Gasteiger partial charge in [0, 0.05) is 6.92 Å². The molecule has 266 valence electrons. The molecule has 0 spiro atoms. The highest BCUT2D eigenvalue weighted by atomic mass is 16.7. The first-order chi connectivity index (χ1) is 21.8. The van der Waals surface area contributed by atoms with Crippen molar-refractivity contribution in [3.8, 4) is 0 Å². The second kappa shape index (κ2) is 11.5. The van der Waals surface area contributed by atoms with Gasteiger partial charge in [-0.05, 0) is 109 Å². The Hall–Kier alpha value is -1.52. The van der Waals surface area contributed by atoms with E-state index in [0.29, 0.717) is 11.8 Å². The molecule has 1 aliphatic heterocycles. The quantitative estimate of drug-likeness (QED) is 0.200. The molecule has 1 amide bonds. The molecule has 6 unspecified atom stereocenters. The standard InChI is InChI=1S/C38H61NO8/c1-21(41)39-28-30(43)29(42)24(20-40)46-31(28)47-27-12-13-35(6)25(34(27,4)5)11-14-37(8)26(35)10-9-22-23-19-33(2,3)15-17-38(23,32(44)45)18-16-36(22,37)7/h9,23-31,40,42-43H,10-20H2,1-8H3,(H,39,41)(H,44,45)/t23-,24?,25-,26+,27?,28?,29?,30?,31?,35-,36+,37+,38-/m0/s1. The minimum atomic E-state index is -1.35. The normalized spacial score (nSPS) is 50.1. The highest BCUT2D eigenvalue weighted by Gasteiger charge is 2.69. The number of carbonyl (C=O) groups is 2. The number of aliphatic hydroxyl groups excluding tert-OH is 3. The van der Waals surface area contributed by atoms with Crippen LogP contribution in [0.5, 0.6) is 0 Å². The van der Waals surface area contributed by atoms with E-state index < -0.39 is 48.6 Å². The van der Waals surface area contributed by atoms with Gasteiger partial charge in [-0.15, -0.1) is 0 Å². The zero-order valence-corrected chi connectivity index (χ0v) is 30.0. The van der Waals surface area contributed by atoms with E-state index in [1.54, 1.807) is 0 Å². The van der Waals surface area contributed by atoms with E-state index in [4.69, 9.17) is 9.47 Å². The number of carbonyl (C=O) groups excluding carboxylic acids is 1. The smallest absolute Gasteiger partial charge is 0.310 e. The second-order valence-electron chi connectivity index (χ2n) is 18.6. The summed E-state index contributed by atoms with van der Waals surface area (Å²) in [4.78, 5) is 25.0. The molecule has 5 N–H and O–H groups in total. The number of fused-ring (bicyclic) bond motifs is 7. The lowest BCUT2D eigenvalue weighted by molar-refractivity contribution is -0.306.